The van der Waals surface area contributed by atoms with Crippen LogP contribution in [0.25, 0.3) is 10.8 Å². The van der Waals surface area contributed by atoms with Gasteiger partial charge in [0.05, 0.1) is 0 Å². The van der Waals surface area contributed by atoms with Crippen molar-refractivity contribution in [1.29, 1.82) is 0 Å². The molecule has 0 radical (unpaired) electrons. The van der Waals surface area contributed by atoms with Gasteiger partial charge in [0.15, 0.2) is 0 Å². The highest BCUT2D eigenvalue weighted by molar-refractivity contribution is 5.88. The number of fused-ring (bicyclic) bond motifs is 1. The van der Waals surface area contributed by atoms with E-state index in [2.05, 4.69) is 5.32 Å². The monoisotopic (exact) mass is 285 g/mol. The van der Waals surface area contributed by atoms with Crippen LogP contribution in [0.15, 0.2) is 36.4 Å². The molecule has 4 nitrogen and oxygen atoms in total. The van der Waals surface area contributed by atoms with E-state index in [1.807, 2.05) is 30.3 Å². The minimum absolute atomic E-state index is 0.0953. The first kappa shape index (κ1) is 13.9. The van der Waals surface area contributed by atoms with E-state index < -0.39 is 0 Å². The van der Waals surface area contributed by atoms with Crippen molar-refractivity contribution >= 4 is 16.7 Å². The number of ether oxygens (including phenoxy) is 1. The Bertz CT molecular complexity index is 648. The maximum absolute atomic E-state index is 12.1. The number of hydrogen-bond donors (Lipinski definition) is 2. The molecular formula is C17H19NO3. The van der Waals surface area contributed by atoms with Gasteiger partial charge in [-0.25, -0.2) is 0 Å². The molecule has 21 heavy (non-hydrogen) atoms. The first-order valence-electron chi connectivity index (χ1n) is 7.34. The maximum Gasteiger partial charge on any atom is 0.249 e. The first-order chi connectivity index (χ1) is 10.3. The molecule has 0 bridgehead atoms. The lowest BCUT2D eigenvalue weighted by Gasteiger charge is -2.22. The number of phenolic OH excluding ortho intramolecular Hbond substituents is 1. The third kappa shape index (κ3) is 3.00. The van der Waals surface area contributed by atoms with Crippen molar-refractivity contribution in [2.75, 3.05) is 6.61 Å². The second-order valence-corrected chi connectivity index (χ2v) is 5.36. The second-order valence-electron chi connectivity index (χ2n) is 5.36. The van der Waals surface area contributed by atoms with Gasteiger partial charge in [-0.15, -0.1) is 0 Å². The average molecular weight is 285 g/mol. The van der Waals surface area contributed by atoms with Gasteiger partial charge in [0, 0.05) is 18.7 Å². The number of nitrogens with one attached hydrogen (secondary N) is 1. The summed E-state index contributed by atoms with van der Waals surface area (Å²) in [5.41, 5.74) is 0.747. The lowest BCUT2D eigenvalue weighted by atomic mass is 10.0. The van der Waals surface area contributed by atoms with Crippen molar-refractivity contribution in [3.05, 3.63) is 42.0 Å². The molecule has 0 aliphatic carbocycles. The normalized spacial score (nSPS) is 18.6. The molecule has 1 atom stereocenters. The van der Waals surface area contributed by atoms with Crippen LogP contribution < -0.4 is 5.32 Å². The molecule has 1 aliphatic heterocycles. The van der Waals surface area contributed by atoms with Gasteiger partial charge < -0.3 is 15.2 Å². The van der Waals surface area contributed by atoms with E-state index in [1.54, 1.807) is 6.07 Å². The second kappa shape index (κ2) is 6.14. The van der Waals surface area contributed by atoms with E-state index in [1.165, 1.54) is 0 Å². The summed E-state index contributed by atoms with van der Waals surface area (Å²) < 4.78 is 5.47. The lowest BCUT2D eigenvalue weighted by molar-refractivity contribution is -0.135. The van der Waals surface area contributed by atoms with Crippen molar-refractivity contribution in [3.63, 3.8) is 0 Å². The fraction of sp³-hybridized carbons (Fsp3) is 0.353. The summed E-state index contributed by atoms with van der Waals surface area (Å²) in [6.07, 6.45) is 2.47. The molecule has 2 N–H and O–H groups in total. The van der Waals surface area contributed by atoms with Gasteiger partial charge in [-0.2, -0.15) is 0 Å². The molecule has 110 valence electrons. The van der Waals surface area contributed by atoms with Crippen LogP contribution in [0.5, 0.6) is 5.75 Å². The summed E-state index contributed by atoms with van der Waals surface area (Å²) >= 11 is 0. The summed E-state index contributed by atoms with van der Waals surface area (Å²) in [6.45, 7) is 0.962. The number of carbonyl (C=O) groups is 1. The number of benzene rings is 2. The summed E-state index contributed by atoms with van der Waals surface area (Å²) in [7, 11) is 0. The smallest absolute Gasteiger partial charge is 0.249 e. The van der Waals surface area contributed by atoms with Gasteiger partial charge >= 0.3 is 0 Å². The van der Waals surface area contributed by atoms with Gasteiger partial charge in [-0.3, -0.25) is 4.79 Å². The molecule has 0 aromatic heterocycles. The maximum atomic E-state index is 12.1. The first-order valence-corrected chi connectivity index (χ1v) is 7.34. The van der Waals surface area contributed by atoms with Crippen molar-refractivity contribution in [1.82, 2.24) is 5.32 Å². The van der Waals surface area contributed by atoms with E-state index in [9.17, 15) is 9.90 Å². The Morgan fingerprint density at radius 1 is 1.24 bits per heavy atom. The Balaban J connectivity index is 1.75. The molecule has 1 unspecified atom stereocenters. The van der Waals surface area contributed by atoms with E-state index in [4.69, 9.17) is 4.74 Å². The molecule has 3 rings (SSSR count). The van der Waals surface area contributed by atoms with Crippen LogP contribution in [0, 0.1) is 0 Å². The Morgan fingerprint density at radius 3 is 2.90 bits per heavy atom. The zero-order chi connectivity index (χ0) is 14.7. The Kier molecular flexibility index (Phi) is 4.06. The molecular weight excluding hydrogens is 266 g/mol. The topological polar surface area (TPSA) is 58.6 Å². The zero-order valence-electron chi connectivity index (χ0n) is 11.8. The Hall–Kier alpha value is -2.07. The van der Waals surface area contributed by atoms with Crippen LogP contribution >= 0.6 is 0 Å². The fourth-order valence-electron chi connectivity index (χ4n) is 2.75. The summed E-state index contributed by atoms with van der Waals surface area (Å²) in [6, 6.07) is 11.4. The summed E-state index contributed by atoms with van der Waals surface area (Å²) in [5, 5.41) is 14.9. The minimum atomic E-state index is -0.351. The number of rotatable bonds is 3. The molecule has 0 saturated carbocycles. The predicted octanol–water partition coefficient (Wildman–Crippen LogP) is 2.73. The largest absolute Gasteiger partial charge is 0.508 e. The number of phenols is 1. The van der Waals surface area contributed by atoms with Gasteiger partial charge in [-0.1, -0.05) is 30.3 Å². The van der Waals surface area contributed by atoms with E-state index in [0.29, 0.717) is 13.2 Å². The molecule has 1 amide bonds. The van der Waals surface area contributed by atoms with Crippen LogP contribution in [0.2, 0.25) is 0 Å². The molecule has 1 saturated heterocycles. The molecule has 1 fully saturated rings. The van der Waals surface area contributed by atoms with E-state index in [-0.39, 0.29) is 17.8 Å². The van der Waals surface area contributed by atoms with Crippen molar-refractivity contribution in [2.45, 2.75) is 31.9 Å². The highest BCUT2D eigenvalue weighted by Crippen LogP contribution is 2.27. The van der Waals surface area contributed by atoms with E-state index in [0.717, 1.165) is 35.6 Å². The van der Waals surface area contributed by atoms with Crippen molar-refractivity contribution in [3.8, 4) is 5.75 Å². The fourth-order valence-corrected chi connectivity index (χ4v) is 2.75. The number of amides is 1. The standard InChI is InChI=1S/C17H19NO3/c19-15-9-8-12-5-1-2-6-13(12)14(15)11-18-17(20)16-7-3-4-10-21-16/h1-2,5-6,8-9,16,19H,3-4,7,10-11H2,(H,18,20). The Labute approximate surface area is 123 Å². The van der Waals surface area contributed by atoms with E-state index >= 15 is 0 Å². The molecule has 1 aliphatic rings. The van der Waals surface area contributed by atoms with Gasteiger partial charge in [-0.05, 0) is 36.1 Å². The van der Waals surface area contributed by atoms with Crippen LogP contribution in [0.1, 0.15) is 24.8 Å². The summed E-state index contributed by atoms with van der Waals surface area (Å²) in [5.74, 6) is 0.112. The Morgan fingerprint density at radius 2 is 2.10 bits per heavy atom. The minimum Gasteiger partial charge on any atom is -0.508 e. The molecule has 0 spiro atoms. The number of aromatic hydroxyl groups is 1. The third-order valence-electron chi connectivity index (χ3n) is 3.93. The molecule has 1 heterocycles. The van der Waals surface area contributed by atoms with Crippen LogP contribution in [0.4, 0.5) is 0 Å². The molecule has 2 aromatic rings. The molecule has 2 aromatic carbocycles. The average Bonchev–Trinajstić information content (AvgIpc) is 2.54. The highest BCUT2D eigenvalue weighted by atomic mass is 16.5. The molecule has 4 heteroatoms. The third-order valence-corrected chi connectivity index (χ3v) is 3.93. The van der Waals surface area contributed by atoms with Crippen molar-refractivity contribution in [2.24, 2.45) is 0 Å². The van der Waals surface area contributed by atoms with Gasteiger partial charge in [0.1, 0.15) is 11.9 Å². The number of hydrogen-bond acceptors (Lipinski definition) is 3. The summed E-state index contributed by atoms with van der Waals surface area (Å²) in [4.78, 5) is 12.1. The van der Waals surface area contributed by atoms with Crippen LogP contribution in [-0.4, -0.2) is 23.7 Å². The van der Waals surface area contributed by atoms with Crippen molar-refractivity contribution < 1.29 is 14.6 Å². The van der Waals surface area contributed by atoms with Gasteiger partial charge in [0.25, 0.3) is 0 Å². The lowest BCUT2D eigenvalue weighted by Crippen LogP contribution is -2.38. The SMILES string of the molecule is O=C(NCc1c(O)ccc2ccccc12)C1CCCCO1. The quantitative estimate of drug-likeness (QED) is 0.911. The zero-order valence-corrected chi connectivity index (χ0v) is 11.8. The van der Waals surface area contributed by atoms with Crippen LogP contribution in [0.3, 0.4) is 0 Å². The predicted molar refractivity (Wildman–Crippen MR) is 81.1 cm³/mol. The van der Waals surface area contributed by atoms with Crippen LogP contribution in [-0.2, 0) is 16.1 Å². The van der Waals surface area contributed by atoms with Gasteiger partial charge in [0.2, 0.25) is 5.91 Å². The highest BCUT2D eigenvalue weighted by Gasteiger charge is 2.21. The number of carbonyl (C=O) groups excluding carboxylic acids is 1.